The molecule has 1 N–H and O–H groups in total. The topological polar surface area (TPSA) is 66.8 Å². The van der Waals surface area contributed by atoms with Crippen molar-refractivity contribution in [3.63, 3.8) is 0 Å². The second-order valence-corrected chi connectivity index (χ2v) is 7.55. The summed E-state index contributed by atoms with van der Waals surface area (Å²) in [7, 11) is 0. The van der Waals surface area contributed by atoms with E-state index in [1.807, 2.05) is 4.68 Å². The predicted octanol–water partition coefficient (Wildman–Crippen LogP) is 2.73. The third-order valence-corrected chi connectivity index (χ3v) is 5.99. The Morgan fingerprint density at radius 1 is 1.19 bits per heavy atom. The van der Waals surface area contributed by atoms with Gasteiger partial charge in [-0.05, 0) is 30.9 Å². The van der Waals surface area contributed by atoms with Crippen LogP contribution in [-0.2, 0) is 17.8 Å². The Morgan fingerprint density at radius 2 is 2.12 bits per heavy atom. The van der Waals surface area contributed by atoms with Crippen molar-refractivity contribution in [2.24, 2.45) is 5.92 Å². The van der Waals surface area contributed by atoms with Crippen LogP contribution in [0.4, 0.5) is 0 Å². The second-order valence-electron chi connectivity index (χ2n) is 7.55. The fraction of sp³-hybridized carbons (Fsp3) is 0.450. The third-order valence-electron chi connectivity index (χ3n) is 5.99. The van der Waals surface area contributed by atoms with E-state index in [-0.39, 0.29) is 5.92 Å². The molecule has 5 rings (SSSR count). The number of nitrogens with one attached hydrogen (secondary N) is 1. The first-order valence-electron chi connectivity index (χ1n) is 9.52. The fourth-order valence-corrected chi connectivity index (χ4v) is 4.59. The van der Waals surface area contributed by atoms with Gasteiger partial charge in [0.1, 0.15) is 0 Å². The Kier molecular flexibility index (Phi) is 3.76. The zero-order valence-electron chi connectivity index (χ0n) is 14.8. The molecule has 0 aliphatic carbocycles. The molecule has 0 saturated carbocycles. The summed E-state index contributed by atoms with van der Waals surface area (Å²) in [6.07, 6.45) is 7.77. The molecule has 0 spiro atoms. The van der Waals surface area contributed by atoms with Crippen molar-refractivity contribution in [2.45, 2.75) is 38.1 Å². The summed E-state index contributed by atoms with van der Waals surface area (Å²) < 4.78 is 1.93. The van der Waals surface area contributed by atoms with Crippen molar-refractivity contribution in [3.05, 3.63) is 47.9 Å². The highest BCUT2D eigenvalue weighted by Crippen LogP contribution is 2.33. The van der Waals surface area contributed by atoms with Crippen LogP contribution in [-0.4, -0.2) is 43.9 Å². The van der Waals surface area contributed by atoms with Crippen LogP contribution in [0.5, 0.6) is 0 Å². The number of H-pyrrole nitrogens is 1. The molecule has 6 nitrogen and oxygen atoms in total. The van der Waals surface area contributed by atoms with Gasteiger partial charge in [-0.3, -0.25) is 4.79 Å². The number of likely N-dealkylation sites (tertiary alicyclic amines) is 1. The first kappa shape index (κ1) is 15.6. The van der Waals surface area contributed by atoms with Crippen LogP contribution in [0.15, 0.2) is 36.7 Å². The number of aromatic amines is 1. The lowest BCUT2D eigenvalue weighted by atomic mass is 9.88. The van der Waals surface area contributed by atoms with E-state index in [2.05, 4.69) is 50.7 Å². The molecule has 2 aliphatic rings. The minimum Gasteiger partial charge on any atom is -0.361 e. The smallest absolute Gasteiger partial charge is 0.226 e. The molecule has 0 radical (unpaired) electrons. The molecule has 1 saturated heterocycles. The Balaban J connectivity index is 1.34. The van der Waals surface area contributed by atoms with Gasteiger partial charge in [0.25, 0.3) is 0 Å². The Morgan fingerprint density at radius 3 is 3.08 bits per heavy atom. The highest BCUT2D eigenvalue weighted by molar-refractivity contribution is 5.84. The number of fused-ring (bicyclic) bond motifs is 2. The van der Waals surface area contributed by atoms with Crippen molar-refractivity contribution in [3.8, 4) is 0 Å². The van der Waals surface area contributed by atoms with E-state index in [9.17, 15) is 4.79 Å². The largest absolute Gasteiger partial charge is 0.361 e. The number of carbonyl (C=O) groups excluding carboxylic acids is 1. The number of para-hydroxylation sites is 1. The van der Waals surface area contributed by atoms with Crippen LogP contribution in [0, 0.1) is 5.92 Å². The van der Waals surface area contributed by atoms with E-state index in [0.717, 1.165) is 51.0 Å². The summed E-state index contributed by atoms with van der Waals surface area (Å²) in [6.45, 7) is 2.51. The van der Waals surface area contributed by atoms with Gasteiger partial charge >= 0.3 is 0 Å². The highest BCUT2D eigenvalue weighted by Gasteiger charge is 2.32. The highest BCUT2D eigenvalue weighted by atomic mass is 16.2. The molecule has 2 unspecified atom stereocenters. The molecule has 6 heteroatoms. The number of benzene rings is 1. The lowest BCUT2D eigenvalue weighted by Gasteiger charge is -2.36. The zero-order valence-corrected chi connectivity index (χ0v) is 14.8. The molecular formula is C20H23N5O. The van der Waals surface area contributed by atoms with E-state index in [1.165, 1.54) is 16.5 Å². The van der Waals surface area contributed by atoms with Gasteiger partial charge in [-0.25, -0.2) is 4.68 Å². The van der Waals surface area contributed by atoms with E-state index in [4.69, 9.17) is 0 Å². The van der Waals surface area contributed by atoms with Crippen LogP contribution < -0.4 is 0 Å². The summed E-state index contributed by atoms with van der Waals surface area (Å²) in [6, 6.07) is 8.44. The predicted molar refractivity (Wildman–Crippen MR) is 98.7 cm³/mol. The molecule has 1 aromatic carbocycles. The van der Waals surface area contributed by atoms with Crippen molar-refractivity contribution >= 4 is 16.8 Å². The average Bonchev–Trinajstić information content (AvgIpc) is 3.33. The molecule has 26 heavy (non-hydrogen) atoms. The molecular weight excluding hydrogens is 326 g/mol. The molecule has 1 fully saturated rings. The summed E-state index contributed by atoms with van der Waals surface area (Å²) in [5.41, 5.74) is 3.61. The molecule has 4 heterocycles. The van der Waals surface area contributed by atoms with Gasteiger partial charge in [0, 0.05) is 55.0 Å². The lowest BCUT2D eigenvalue weighted by Crippen LogP contribution is -2.44. The number of carbonyl (C=O) groups is 1. The number of piperidine rings is 1. The van der Waals surface area contributed by atoms with Gasteiger partial charge in [-0.1, -0.05) is 23.4 Å². The lowest BCUT2D eigenvalue weighted by molar-refractivity contribution is -0.137. The molecule has 1 amide bonds. The van der Waals surface area contributed by atoms with Crippen molar-refractivity contribution in [1.29, 1.82) is 0 Å². The number of aryl methyl sites for hydroxylation is 1. The number of nitrogens with zero attached hydrogens (tertiary/aromatic N) is 4. The number of hydrogen-bond donors (Lipinski definition) is 1. The maximum Gasteiger partial charge on any atom is 0.226 e. The zero-order chi connectivity index (χ0) is 17.5. The van der Waals surface area contributed by atoms with Crippen LogP contribution in [0.3, 0.4) is 0 Å². The fourth-order valence-electron chi connectivity index (χ4n) is 4.59. The third kappa shape index (κ3) is 2.60. The van der Waals surface area contributed by atoms with Crippen LogP contribution >= 0.6 is 0 Å². The first-order valence-corrected chi connectivity index (χ1v) is 9.52. The number of amides is 1. The average molecular weight is 349 g/mol. The van der Waals surface area contributed by atoms with E-state index in [1.54, 1.807) is 6.20 Å². The Hall–Kier alpha value is -2.63. The summed E-state index contributed by atoms with van der Waals surface area (Å²) >= 11 is 0. The molecule has 2 aromatic heterocycles. The molecule has 134 valence electrons. The molecule has 2 aliphatic heterocycles. The van der Waals surface area contributed by atoms with Crippen molar-refractivity contribution < 1.29 is 4.79 Å². The van der Waals surface area contributed by atoms with Crippen molar-refractivity contribution in [2.75, 3.05) is 13.1 Å². The van der Waals surface area contributed by atoms with Gasteiger partial charge in [0.15, 0.2) is 0 Å². The number of rotatable bonds is 2. The summed E-state index contributed by atoms with van der Waals surface area (Å²) in [5, 5.41) is 9.34. The first-order chi connectivity index (χ1) is 12.8. The molecule has 2 atom stereocenters. The van der Waals surface area contributed by atoms with Crippen LogP contribution in [0.1, 0.15) is 36.4 Å². The van der Waals surface area contributed by atoms with Gasteiger partial charge in [-0.2, -0.15) is 0 Å². The summed E-state index contributed by atoms with van der Waals surface area (Å²) in [4.78, 5) is 18.6. The van der Waals surface area contributed by atoms with E-state index >= 15 is 0 Å². The SMILES string of the molecule is O=C(C1CCn2nncc2C1)N1CCCC(c2c[nH]c3ccccc23)C1. The Bertz CT molecular complexity index is 942. The van der Waals surface area contributed by atoms with Gasteiger partial charge < -0.3 is 9.88 Å². The number of aromatic nitrogens is 4. The number of hydrogen-bond acceptors (Lipinski definition) is 3. The second kappa shape index (κ2) is 6.27. The molecule has 3 aromatic rings. The van der Waals surface area contributed by atoms with Crippen LogP contribution in [0.2, 0.25) is 0 Å². The van der Waals surface area contributed by atoms with Gasteiger partial charge in [-0.15, -0.1) is 5.10 Å². The van der Waals surface area contributed by atoms with Crippen molar-refractivity contribution in [1.82, 2.24) is 24.9 Å². The Labute approximate surface area is 152 Å². The normalized spacial score (nSPS) is 23.2. The van der Waals surface area contributed by atoms with E-state index < -0.39 is 0 Å². The van der Waals surface area contributed by atoms with Gasteiger partial charge in [0.05, 0.1) is 11.9 Å². The minimum atomic E-state index is 0.0720. The van der Waals surface area contributed by atoms with Crippen LogP contribution in [0.25, 0.3) is 10.9 Å². The van der Waals surface area contributed by atoms with Gasteiger partial charge in [0.2, 0.25) is 5.91 Å². The quantitative estimate of drug-likeness (QED) is 0.773. The monoisotopic (exact) mass is 349 g/mol. The molecule has 0 bridgehead atoms. The minimum absolute atomic E-state index is 0.0720. The van der Waals surface area contributed by atoms with E-state index in [0.29, 0.717) is 11.8 Å². The maximum absolute atomic E-state index is 13.1. The standard InChI is InChI=1S/C20H23N5O/c26-20(14-7-9-25-16(10-14)11-22-23-25)24-8-3-4-15(13-24)18-12-21-19-6-2-1-5-17(18)19/h1-2,5-6,11-12,14-15,21H,3-4,7-10,13H2. The maximum atomic E-state index is 13.1. The summed E-state index contributed by atoms with van der Waals surface area (Å²) in [5.74, 6) is 0.796.